The van der Waals surface area contributed by atoms with Gasteiger partial charge in [-0.2, -0.15) is 0 Å². The van der Waals surface area contributed by atoms with Crippen molar-refractivity contribution in [3.63, 3.8) is 0 Å². The molecule has 0 spiro atoms. The van der Waals surface area contributed by atoms with Crippen LogP contribution in [-0.4, -0.2) is 65.6 Å². The lowest BCUT2D eigenvalue weighted by atomic mass is 9.85. The van der Waals surface area contributed by atoms with E-state index in [-0.39, 0.29) is 17.4 Å². The molecule has 2 rings (SSSR count). The predicted molar refractivity (Wildman–Crippen MR) is 95.2 cm³/mol. The lowest BCUT2D eigenvalue weighted by Gasteiger charge is -2.34. The van der Waals surface area contributed by atoms with Gasteiger partial charge in [0.25, 0.3) is 5.91 Å². The molecule has 0 aliphatic carbocycles. The van der Waals surface area contributed by atoms with Gasteiger partial charge in [-0.3, -0.25) is 4.79 Å². The molecular weight excluding hydrogens is 304 g/mol. The van der Waals surface area contributed by atoms with Gasteiger partial charge < -0.3 is 15.5 Å². The van der Waals surface area contributed by atoms with Crippen LogP contribution in [0, 0.1) is 12.3 Å². The minimum Gasteiger partial charge on any atom is -0.348 e. The minimum absolute atomic E-state index is 0.0297. The zero-order chi connectivity index (χ0) is 17.9. The molecule has 2 N–H and O–H groups in total. The van der Waals surface area contributed by atoms with Crippen LogP contribution in [0.25, 0.3) is 0 Å². The Kier molecular flexibility index (Phi) is 5.98. The van der Waals surface area contributed by atoms with Crippen molar-refractivity contribution in [3.05, 3.63) is 11.4 Å². The van der Waals surface area contributed by atoms with E-state index < -0.39 is 0 Å². The molecule has 7 nitrogen and oxygen atoms in total. The molecule has 7 heteroatoms. The van der Waals surface area contributed by atoms with E-state index in [0.717, 1.165) is 38.2 Å². The molecule has 136 valence electrons. The molecule has 1 atom stereocenters. The second kappa shape index (κ2) is 7.61. The summed E-state index contributed by atoms with van der Waals surface area (Å²) in [4.78, 5) is 14.8. The highest BCUT2D eigenvalue weighted by Crippen LogP contribution is 2.23. The van der Waals surface area contributed by atoms with Gasteiger partial charge in [0, 0.05) is 12.6 Å². The molecule has 0 bridgehead atoms. The normalized spacial score (nSPS) is 18.0. The van der Waals surface area contributed by atoms with Crippen LogP contribution in [0.1, 0.15) is 55.8 Å². The van der Waals surface area contributed by atoms with Crippen molar-refractivity contribution in [1.29, 1.82) is 0 Å². The van der Waals surface area contributed by atoms with Crippen LogP contribution in [-0.2, 0) is 0 Å². The maximum atomic E-state index is 12.7. The van der Waals surface area contributed by atoms with Gasteiger partial charge in [0.05, 0.1) is 11.7 Å². The smallest absolute Gasteiger partial charge is 0.273 e. The summed E-state index contributed by atoms with van der Waals surface area (Å²) in [6.45, 7) is 11.2. The number of amides is 1. The van der Waals surface area contributed by atoms with Crippen LogP contribution in [0.5, 0.6) is 0 Å². The molecule has 2 heterocycles. The number of aromatic nitrogens is 3. The van der Waals surface area contributed by atoms with Gasteiger partial charge >= 0.3 is 0 Å². The van der Waals surface area contributed by atoms with E-state index in [9.17, 15) is 4.79 Å². The van der Waals surface area contributed by atoms with Gasteiger partial charge in [-0.1, -0.05) is 19.1 Å². The minimum atomic E-state index is -0.132. The topological polar surface area (TPSA) is 75.1 Å². The number of carbonyl (C=O) groups is 1. The lowest BCUT2D eigenvalue weighted by Crippen LogP contribution is -2.47. The summed E-state index contributed by atoms with van der Waals surface area (Å²) in [6, 6.07) is 0.374. The molecule has 0 saturated carbocycles. The zero-order valence-electron chi connectivity index (χ0n) is 15.9. The van der Waals surface area contributed by atoms with Crippen molar-refractivity contribution in [2.75, 3.05) is 33.7 Å². The maximum Gasteiger partial charge on any atom is 0.273 e. The van der Waals surface area contributed by atoms with Gasteiger partial charge in [-0.25, -0.2) is 4.68 Å². The summed E-state index contributed by atoms with van der Waals surface area (Å²) >= 11 is 0. The van der Waals surface area contributed by atoms with E-state index in [0.29, 0.717) is 11.7 Å². The van der Waals surface area contributed by atoms with Gasteiger partial charge in [-0.15, -0.1) is 5.10 Å². The first-order valence-electron chi connectivity index (χ1n) is 8.80. The van der Waals surface area contributed by atoms with Gasteiger partial charge in [-0.05, 0) is 59.3 Å². The largest absolute Gasteiger partial charge is 0.348 e. The first kappa shape index (κ1) is 18.9. The highest BCUT2D eigenvalue weighted by Gasteiger charge is 2.30. The fraction of sp³-hybridized carbons (Fsp3) is 0.824. The summed E-state index contributed by atoms with van der Waals surface area (Å²) in [5.74, 6) is -0.132. The SMILES string of the molecule is Cc1c(C(=O)NC(C)C(C)(C)CN(C)C)nnn1C1CCNCC1. The summed E-state index contributed by atoms with van der Waals surface area (Å²) in [5.41, 5.74) is 1.27. The van der Waals surface area contributed by atoms with Gasteiger partial charge in [0.15, 0.2) is 5.69 Å². The number of hydrogen-bond donors (Lipinski definition) is 2. The fourth-order valence-corrected chi connectivity index (χ4v) is 3.36. The molecule has 1 aromatic heterocycles. The molecule has 1 aliphatic rings. The van der Waals surface area contributed by atoms with Crippen molar-refractivity contribution in [1.82, 2.24) is 30.5 Å². The zero-order valence-corrected chi connectivity index (χ0v) is 15.9. The average Bonchev–Trinajstić information content (AvgIpc) is 2.88. The van der Waals surface area contributed by atoms with E-state index in [2.05, 4.69) is 39.7 Å². The quantitative estimate of drug-likeness (QED) is 0.817. The van der Waals surface area contributed by atoms with Crippen LogP contribution in [0.2, 0.25) is 0 Å². The molecule has 0 aromatic carbocycles. The Balaban J connectivity index is 2.06. The number of nitrogens with one attached hydrogen (secondary N) is 2. The van der Waals surface area contributed by atoms with Gasteiger partial charge in [0.1, 0.15) is 0 Å². The second-order valence-corrected chi connectivity index (χ2v) is 7.87. The monoisotopic (exact) mass is 336 g/mol. The number of carbonyl (C=O) groups excluding carboxylic acids is 1. The van der Waals surface area contributed by atoms with E-state index in [1.165, 1.54) is 0 Å². The fourth-order valence-electron chi connectivity index (χ4n) is 3.36. The molecule has 1 aromatic rings. The summed E-state index contributed by atoms with van der Waals surface area (Å²) < 4.78 is 1.92. The summed E-state index contributed by atoms with van der Waals surface area (Å²) in [6.07, 6.45) is 2.05. The Morgan fingerprint density at radius 2 is 2.04 bits per heavy atom. The molecule has 24 heavy (non-hydrogen) atoms. The van der Waals surface area contributed by atoms with E-state index in [4.69, 9.17) is 0 Å². The summed E-state index contributed by atoms with van der Waals surface area (Å²) in [5, 5.41) is 14.9. The van der Waals surface area contributed by atoms with Crippen molar-refractivity contribution in [3.8, 4) is 0 Å². The third-order valence-corrected chi connectivity index (χ3v) is 5.04. The number of nitrogens with zero attached hydrogens (tertiary/aromatic N) is 4. The van der Waals surface area contributed by atoms with Crippen molar-refractivity contribution >= 4 is 5.91 Å². The first-order chi connectivity index (χ1) is 11.2. The third-order valence-electron chi connectivity index (χ3n) is 5.04. The maximum absolute atomic E-state index is 12.7. The summed E-state index contributed by atoms with van der Waals surface area (Å²) in [7, 11) is 4.09. The molecule has 1 fully saturated rings. The van der Waals surface area contributed by atoms with Crippen LogP contribution in [0.4, 0.5) is 0 Å². The van der Waals surface area contributed by atoms with Crippen LogP contribution in [0.3, 0.4) is 0 Å². The van der Waals surface area contributed by atoms with E-state index in [1.54, 1.807) is 0 Å². The lowest BCUT2D eigenvalue weighted by molar-refractivity contribution is 0.0880. The molecule has 1 saturated heterocycles. The Morgan fingerprint density at radius 1 is 1.42 bits per heavy atom. The van der Waals surface area contributed by atoms with Crippen LogP contribution >= 0.6 is 0 Å². The Bertz CT molecular complexity index is 559. The average molecular weight is 336 g/mol. The standard InChI is InChI=1S/C17H32N6O/c1-12-15(20-21-23(12)14-7-9-18-10-8-14)16(24)19-13(2)17(3,4)11-22(5)6/h13-14,18H,7-11H2,1-6H3,(H,19,24). The number of piperidine rings is 1. The van der Waals surface area contributed by atoms with E-state index in [1.807, 2.05) is 32.6 Å². The Morgan fingerprint density at radius 3 is 2.62 bits per heavy atom. The molecule has 1 amide bonds. The number of rotatable bonds is 6. The van der Waals surface area contributed by atoms with Gasteiger partial charge in [0.2, 0.25) is 0 Å². The number of hydrogen-bond acceptors (Lipinski definition) is 5. The van der Waals surface area contributed by atoms with E-state index >= 15 is 0 Å². The van der Waals surface area contributed by atoms with Crippen molar-refractivity contribution in [2.45, 2.75) is 52.6 Å². The van der Waals surface area contributed by atoms with Crippen LogP contribution < -0.4 is 10.6 Å². The molecule has 0 radical (unpaired) electrons. The van der Waals surface area contributed by atoms with Crippen LogP contribution in [0.15, 0.2) is 0 Å². The second-order valence-electron chi connectivity index (χ2n) is 7.87. The Labute approximate surface area is 145 Å². The third kappa shape index (κ3) is 4.33. The van der Waals surface area contributed by atoms with Crippen molar-refractivity contribution < 1.29 is 4.79 Å². The highest BCUT2D eigenvalue weighted by atomic mass is 16.2. The predicted octanol–water partition coefficient (Wildman–Crippen LogP) is 1.22. The first-order valence-corrected chi connectivity index (χ1v) is 8.80. The highest BCUT2D eigenvalue weighted by molar-refractivity contribution is 5.93. The molecule has 1 unspecified atom stereocenters. The van der Waals surface area contributed by atoms with Crippen molar-refractivity contribution in [2.24, 2.45) is 5.41 Å². The molecule has 1 aliphatic heterocycles. The Hall–Kier alpha value is -1.47. The molecular formula is C17H32N6O.